The summed E-state index contributed by atoms with van der Waals surface area (Å²) in [6, 6.07) is 11.2. The van der Waals surface area contributed by atoms with Crippen molar-refractivity contribution in [2.24, 2.45) is 0 Å². The second kappa shape index (κ2) is 9.69. The van der Waals surface area contributed by atoms with E-state index in [1.165, 1.54) is 11.8 Å². The second-order valence-electron chi connectivity index (χ2n) is 6.82. The summed E-state index contributed by atoms with van der Waals surface area (Å²) in [5.41, 5.74) is 0.688. The highest BCUT2D eigenvalue weighted by molar-refractivity contribution is 7.99. The van der Waals surface area contributed by atoms with Crippen LogP contribution < -0.4 is 14.4 Å². The molecule has 1 amide bonds. The second-order valence-corrected chi connectivity index (χ2v) is 7.75. The van der Waals surface area contributed by atoms with Crippen molar-refractivity contribution in [2.45, 2.75) is 5.22 Å². The van der Waals surface area contributed by atoms with Crippen molar-refractivity contribution >= 4 is 23.5 Å². The van der Waals surface area contributed by atoms with E-state index in [1.54, 1.807) is 38.6 Å². The highest BCUT2D eigenvalue weighted by Gasteiger charge is 2.22. The van der Waals surface area contributed by atoms with Gasteiger partial charge in [-0.05, 0) is 24.3 Å². The van der Waals surface area contributed by atoms with Crippen LogP contribution in [0.25, 0.3) is 11.5 Å². The minimum Gasteiger partial charge on any atom is -0.497 e. The van der Waals surface area contributed by atoms with Crippen molar-refractivity contribution in [3.05, 3.63) is 42.6 Å². The Morgan fingerprint density at radius 2 is 1.81 bits per heavy atom. The average molecular weight is 442 g/mol. The lowest BCUT2D eigenvalue weighted by atomic mass is 10.2. The molecule has 1 aliphatic heterocycles. The third-order valence-electron chi connectivity index (χ3n) is 4.93. The molecule has 162 valence electrons. The van der Waals surface area contributed by atoms with Crippen LogP contribution in [0.3, 0.4) is 0 Å². The summed E-state index contributed by atoms with van der Waals surface area (Å²) < 4.78 is 16.3. The molecule has 4 rings (SSSR count). The number of carbonyl (C=O) groups excluding carboxylic acids is 1. The number of methoxy groups -OCH3 is 2. The molecular formula is C21H23N5O4S. The van der Waals surface area contributed by atoms with Crippen molar-refractivity contribution in [3.8, 4) is 23.0 Å². The van der Waals surface area contributed by atoms with Gasteiger partial charge in [-0.25, -0.2) is 4.98 Å². The van der Waals surface area contributed by atoms with E-state index in [4.69, 9.17) is 13.9 Å². The zero-order valence-electron chi connectivity index (χ0n) is 17.4. The third-order valence-corrected chi connectivity index (χ3v) is 5.73. The van der Waals surface area contributed by atoms with Gasteiger partial charge in [0.1, 0.15) is 17.3 Å². The van der Waals surface area contributed by atoms with Gasteiger partial charge >= 0.3 is 0 Å². The van der Waals surface area contributed by atoms with E-state index in [0.717, 1.165) is 18.9 Å². The predicted octanol–water partition coefficient (Wildman–Crippen LogP) is 2.59. The van der Waals surface area contributed by atoms with Crippen molar-refractivity contribution in [3.63, 3.8) is 0 Å². The number of anilines is 1. The number of nitrogens with zero attached hydrogens (tertiary/aromatic N) is 5. The van der Waals surface area contributed by atoms with Crippen molar-refractivity contribution in [1.82, 2.24) is 20.1 Å². The van der Waals surface area contributed by atoms with Crippen LogP contribution in [0, 0.1) is 0 Å². The minimum atomic E-state index is 0.0495. The molecule has 31 heavy (non-hydrogen) atoms. The maximum Gasteiger partial charge on any atom is 0.277 e. The first-order chi connectivity index (χ1) is 15.2. The first kappa shape index (κ1) is 21.0. The molecular weight excluding hydrogens is 418 g/mol. The molecule has 0 spiro atoms. The van der Waals surface area contributed by atoms with Crippen LogP contribution in [0.1, 0.15) is 0 Å². The molecule has 2 aromatic heterocycles. The fourth-order valence-electron chi connectivity index (χ4n) is 3.26. The summed E-state index contributed by atoms with van der Waals surface area (Å²) in [6.07, 6.45) is 1.78. The van der Waals surface area contributed by atoms with Gasteiger partial charge < -0.3 is 23.7 Å². The van der Waals surface area contributed by atoms with Crippen LogP contribution in [0.15, 0.2) is 52.2 Å². The molecule has 0 aliphatic carbocycles. The topological polar surface area (TPSA) is 93.8 Å². The normalized spacial score (nSPS) is 13.9. The van der Waals surface area contributed by atoms with Crippen LogP contribution in [0.2, 0.25) is 0 Å². The van der Waals surface area contributed by atoms with E-state index in [1.807, 2.05) is 23.1 Å². The predicted molar refractivity (Wildman–Crippen MR) is 117 cm³/mol. The van der Waals surface area contributed by atoms with Gasteiger partial charge in [0, 0.05) is 44.0 Å². The maximum absolute atomic E-state index is 12.6. The lowest BCUT2D eigenvalue weighted by Crippen LogP contribution is -2.49. The summed E-state index contributed by atoms with van der Waals surface area (Å²) in [6.45, 7) is 2.84. The fourth-order valence-corrected chi connectivity index (χ4v) is 3.92. The van der Waals surface area contributed by atoms with Crippen molar-refractivity contribution in [1.29, 1.82) is 0 Å². The summed E-state index contributed by atoms with van der Waals surface area (Å²) in [5.74, 6) is 2.83. The smallest absolute Gasteiger partial charge is 0.277 e. The zero-order chi connectivity index (χ0) is 21.6. The number of benzene rings is 1. The molecule has 1 aromatic carbocycles. The monoisotopic (exact) mass is 441 g/mol. The molecule has 1 aliphatic rings. The summed E-state index contributed by atoms with van der Waals surface area (Å²) >= 11 is 1.23. The quantitative estimate of drug-likeness (QED) is 0.513. The Bertz CT molecular complexity index is 999. The van der Waals surface area contributed by atoms with Crippen LogP contribution in [-0.4, -0.2) is 72.1 Å². The van der Waals surface area contributed by atoms with E-state index < -0.39 is 0 Å². The van der Waals surface area contributed by atoms with Gasteiger partial charge in [-0.1, -0.05) is 17.8 Å². The number of ether oxygens (including phenoxy) is 2. The standard InChI is InChI=1S/C21H23N5O4S/c1-28-16-11-15(12-17(13-16)29-2)20-23-24-21(30-20)31-14-19(27)26-9-7-25(8-10-26)18-5-3-4-6-22-18/h3-6,11-13H,7-10,14H2,1-2H3. The molecule has 3 heterocycles. The Hall–Kier alpha value is -3.27. The lowest BCUT2D eigenvalue weighted by Gasteiger charge is -2.35. The molecule has 0 atom stereocenters. The van der Waals surface area contributed by atoms with Crippen LogP contribution in [0.5, 0.6) is 11.5 Å². The van der Waals surface area contributed by atoms with Crippen molar-refractivity contribution in [2.75, 3.05) is 51.1 Å². The zero-order valence-corrected chi connectivity index (χ0v) is 18.2. The summed E-state index contributed by atoms with van der Waals surface area (Å²) in [7, 11) is 3.16. The van der Waals surface area contributed by atoms with E-state index in [9.17, 15) is 4.79 Å². The molecule has 0 radical (unpaired) electrons. The average Bonchev–Trinajstić information content (AvgIpc) is 3.32. The largest absolute Gasteiger partial charge is 0.497 e. The highest BCUT2D eigenvalue weighted by atomic mass is 32.2. The van der Waals surface area contributed by atoms with Crippen LogP contribution in [0.4, 0.5) is 5.82 Å². The molecule has 1 saturated heterocycles. The Kier molecular flexibility index (Phi) is 6.56. The first-order valence-electron chi connectivity index (χ1n) is 9.80. The van der Waals surface area contributed by atoms with Gasteiger partial charge in [0.05, 0.1) is 20.0 Å². The minimum absolute atomic E-state index is 0.0495. The third kappa shape index (κ3) is 5.08. The molecule has 0 N–H and O–H groups in total. The summed E-state index contributed by atoms with van der Waals surface area (Å²) in [5, 5.41) is 8.48. The summed E-state index contributed by atoms with van der Waals surface area (Å²) in [4.78, 5) is 21.0. The van der Waals surface area contributed by atoms with Gasteiger partial charge in [0.2, 0.25) is 11.8 Å². The number of piperazine rings is 1. The van der Waals surface area contributed by atoms with Gasteiger partial charge in [-0.2, -0.15) is 0 Å². The van der Waals surface area contributed by atoms with Crippen LogP contribution >= 0.6 is 11.8 Å². The number of carbonyl (C=O) groups is 1. The first-order valence-corrected chi connectivity index (χ1v) is 10.8. The molecule has 3 aromatic rings. The van der Waals surface area contributed by atoms with Crippen LogP contribution in [-0.2, 0) is 4.79 Å². The number of pyridine rings is 1. The molecule has 9 nitrogen and oxygen atoms in total. The highest BCUT2D eigenvalue weighted by Crippen LogP contribution is 2.30. The van der Waals surface area contributed by atoms with Gasteiger partial charge in [-0.15, -0.1) is 10.2 Å². The Morgan fingerprint density at radius 3 is 2.45 bits per heavy atom. The fraction of sp³-hybridized carbons (Fsp3) is 0.333. The number of rotatable bonds is 7. The molecule has 0 bridgehead atoms. The molecule has 10 heteroatoms. The van der Waals surface area contributed by atoms with E-state index in [2.05, 4.69) is 20.1 Å². The Labute approximate surface area is 184 Å². The number of hydrogen-bond acceptors (Lipinski definition) is 9. The maximum atomic E-state index is 12.6. The molecule has 0 saturated carbocycles. The Balaban J connectivity index is 1.31. The van der Waals surface area contributed by atoms with E-state index in [0.29, 0.717) is 41.3 Å². The van der Waals surface area contributed by atoms with E-state index in [-0.39, 0.29) is 11.7 Å². The SMILES string of the molecule is COc1cc(OC)cc(-c2nnc(SCC(=O)N3CCN(c4ccccn4)CC3)o2)c1. The van der Waals surface area contributed by atoms with E-state index >= 15 is 0 Å². The van der Waals surface area contributed by atoms with Gasteiger partial charge in [0.15, 0.2) is 0 Å². The number of amides is 1. The number of thioether (sulfide) groups is 1. The molecule has 1 fully saturated rings. The van der Waals surface area contributed by atoms with Gasteiger partial charge in [-0.3, -0.25) is 4.79 Å². The molecule has 0 unspecified atom stereocenters. The number of aromatic nitrogens is 3. The van der Waals surface area contributed by atoms with Crippen molar-refractivity contribution < 1.29 is 18.7 Å². The van der Waals surface area contributed by atoms with Gasteiger partial charge in [0.25, 0.3) is 5.22 Å². The number of hydrogen-bond donors (Lipinski definition) is 0. The lowest BCUT2D eigenvalue weighted by molar-refractivity contribution is -0.128. The Morgan fingerprint density at radius 1 is 1.06 bits per heavy atom.